The number of benzene rings is 1. The van der Waals surface area contributed by atoms with Gasteiger partial charge in [0.15, 0.2) is 0 Å². The lowest BCUT2D eigenvalue weighted by atomic mass is 9.94. The maximum Gasteiger partial charge on any atom is 0.320 e. The SMILES string of the molecule is CC(C(=O)O)N1CCC(CN2CCC(Oc3ccc(Cl)c(Cl)c3)CC2)CC1.Cl.Cl. The van der Waals surface area contributed by atoms with Gasteiger partial charge in [-0.15, -0.1) is 24.8 Å². The largest absolute Gasteiger partial charge is 0.490 e. The van der Waals surface area contributed by atoms with Crippen LogP contribution in [-0.4, -0.2) is 65.7 Å². The van der Waals surface area contributed by atoms with E-state index in [2.05, 4.69) is 9.80 Å². The van der Waals surface area contributed by atoms with Crippen LogP contribution in [0.2, 0.25) is 10.0 Å². The molecular formula is C20H30Cl4N2O3. The number of halogens is 4. The van der Waals surface area contributed by atoms with E-state index in [9.17, 15) is 4.79 Å². The third-order valence-corrected chi connectivity index (χ3v) is 6.54. The van der Waals surface area contributed by atoms with E-state index < -0.39 is 5.97 Å². The van der Waals surface area contributed by atoms with Crippen LogP contribution in [0.3, 0.4) is 0 Å². The van der Waals surface area contributed by atoms with Gasteiger partial charge < -0.3 is 14.7 Å². The van der Waals surface area contributed by atoms with Crippen molar-refractivity contribution in [3.63, 3.8) is 0 Å². The van der Waals surface area contributed by atoms with Crippen LogP contribution in [0, 0.1) is 5.92 Å². The molecule has 1 unspecified atom stereocenters. The van der Waals surface area contributed by atoms with Gasteiger partial charge >= 0.3 is 5.97 Å². The molecule has 9 heteroatoms. The smallest absolute Gasteiger partial charge is 0.320 e. The minimum atomic E-state index is -0.725. The van der Waals surface area contributed by atoms with Gasteiger partial charge in [-0.25, -0.2) is 0 Å². The molecule has 0 aromatic heterocycles. The minimum Gasteiger partial charge on any atom is -0.490 e. The van der Waals surface area contributed by atoms with Crippen LogP contribution in [0.15, 0.2) is 18.2 Å². The van der Waals surface area contributed by atoms with Gasteiger partial charge in [-0.1, -0.05) is 23.2 Å². The van der Waals surface area contributed by atoms with Gasteiger partial charge in [0.05, 0.1) is 10.0 Å². The molecule has 2 saturated heterocycles. The zero-order valence-corrected chi connectivity index (χ0v) is 19.7. The molecule has 0 radical (unpaired) electrons. The molecule has 0 amide bonds. The van der Waals surface area contributed by atoms with Gasteiger partial charge in [0.25, 0.3) is 0 Å². The molecule has 2 fully saturated rings. The van der Waals surface area contributed by atoms with E-state index in [0.29, 0.717) is 16.0 Å². The van der Waals surface area contributed by atoms with Crippen molar-refractivity contribution in [1.29, 1.82) is 0 Å². The van der Waals surface area contributed by atoms with E-state index in [1.54, 1.807) is 19.1 Å². The number of hydrogen-bond acceptors (Lipinski definition) is 4. The van der Waals surface area contributed by atoms with Crippen LogP contribution in [-0.2, 0) is 4.79 Å². The van der Waals surface area contributed by atoms with Crippen molar-refractivity contribution < 1.29 is 14.6 Å². The predicted octanol–water partition coefficient (Wildman–Crippen LogP) is 4.87. The predicted molar refractivity (Wildman–Crippen MR) is 122 cm³/mol. The van der Waals surface area contributed by atoms with E-state index in [4.69, 9.17) is 33.0 Å². The van der Waals surface area contributed by atoms with Crippen LogP contribution >= 0.6 is 48.0 Å². The summed E-state index contributed by atoms with van der Waals surface area (Å²) in [5, 5.41) is 10.2. The summed E-state index contributed by atoms with van der Waals surface area (Å²) in [4.78, 5) is 15.7. The standard InChI is InChI=1S/C20H28Cl2N2O3.2ClH/c1-14(20(25)26)24-10-4-15(5-11-24)13-23-8-6-16(7-9-23)27-17-2-3-18(21)19(22)12-17;;/h2-3,12,14-16H,4-11,13H2,1H3,(H,25,26);2*1H. The Bertz CT molecular complexity index is 649. The number of carboxylic acids is 1. The molecule has 1 aromatic rings. The Morgan fingerprint density at radius 3 is 2.28 bits per heavy atom. The second kappa shape index (κ2) is 12.4. The second-order valence-electron chi connectivity index (χ2n) is 7.69. The summed E-state index contributed by atoms with van der Waals surface area (Å²) in [6.07, 6.45) is 4.40. The van der Waals surface area contributed by atoms with E-state index in [1.807, 2.05) is 6.07 Å². The summed E-state index contributed by atoms with van der Waals surface area (Å²) in [6, 6.07) is 5.04. The van der Waals surface area contributed by atoms with Crippen LogP contribution in [0.5, 0.6) is 5.75 Å². The molecule has 2 aliphatic rings. The normalized spacial score (nSPS) is 20.4. The zero-order valence-electron chi connectivity index (χ0n) is 16.6. The first-order valence-electron chi connectivity index (χ1n) is 9.73. The summed E-state index contributed by atoms with van der Waals surface area (Å²) in [7, 11) is 0. The Kier molecular flexibility index (Phi) is 11.4. The lowest BCUT2D eigenvalue weighted by molar-refractivity contribution is -0.143. The van der Waals surface area contributed by atoms with Crippen molar-refractivity contribution in [2.45, 2.75) is 44.8 Å². The quantitative estimate of drug-likeness (QED) is 0.620. The fraction of sp³-hybridized carbons (Fsp3) is 0.650. The van der Waals surface area contributed by atoms with Crippen LogP contribution in [0.1, 0.15) is 32.6 Å². The highest BCUT2D eigenvalue weighted by Crippen LogP contribution is 2.28. The molecule has 0 spiro atoms. The number of hydrogen-bond donors (Lipinski definition) is 1. The molecule has 166 valence electrons. The van der Waals surface area contributed by atoms with Gasteiger partial charge in [-0.3, -0.25) is 9.69 Å². The molecule has 0 bridgehead atoms. The molecule has 3 rings (SSSR count). The molecule has 1 atom stereocenters. The van der Waals surface area contributed by atoms with Crippen molar-refractivity contribution in [3.05, 3.63) is 28.2 Å². The number of piperidine rings is 2. The number of likely N-dealkylation sites (tertiary alicyclic amines) is 2. The van der Waals surface area contributed by atoms with Gasteiger partial charge in [-0.2, -0.15) is 0 Å². The van der Waals surface area contributed by atoms with Gasteiger partial charge in [0.2, 0.25) is 0 Å². The van der Waals surface area contributed by atoms with Gasteiger partial charge in [0, 0.05) is 25.7 Å². The number of ether oxygens (including phenoxy) is 1. The van der Waals surface area contributed by atoms with E-state index in [-0.39, 0.29) is 37.0 Å². The average molecular weight is 488 g/mol. The molecule has 1 N–H and O–H groups in total. The zero-order chi connectivity index (χ0) is 19.4. The maximum atomic E-state index is 11.1. The van der Waals surface area contributed by atoms with Crippen molar-refractivity contribution >= 4 is 54.0 Å². The lowest BCUT2D eigenvalue weighted by Gasteiger charge is -2.38. The van der Waals surface area contributed by atoms with Crippen LogP contribution in [0.4, 0.5) is 0 Å². The number of rotatable bonds is 6. The second-order valence-corrected chi connectivity index (χ2v) is 8.50. The fourth-order valence-corrected chi connectivity index (χ4v) is 4.28. The third kappa shape index (κ3) is 7.64. The van der Waals surface area contributed by atoms with Gasteiger partial charge in [-0.05, 0) is 63.7 Å². The maximum absolute atomic E-state index is 11.1. The number of carbonyl (C=O) groups is 1. The number of aliphatic carboxylic acids is 1. The first kappa shape index (κ1) is 26.6. The minimum absolute atomic E-state index is 0. The first-order chi connectivity index (χ1) is 12.9. The lowest BCUT2D eigenvalue weighted by Crippen LogP contribution is -2.47. The summed E-state index contributed by atoms with van der Waals surface area (Å²) in [5.74, 6) is 0.718. The van der Waals surface area contributed by atoms with Crippen molar-refractivity contribution in [2.75, 3.05) is 32.7 Å². The van der Waals surface area contributed by atoms with E-state index >= 15 is 0 Å². The third-order valence-electron chi connectivity index (χ3n) is 5.80. The molecule has 0 aliphatic carbocycles. The Hall–Kier alpha value is -0.430. The Balaban J connectivity index is 0.00000210. The molecule has 1 aromatic carbocycles. The highest BCUT2D eigenvalue weighted by Gasteiger charge is 2.28. The summed E-state index contributed by atoms with van der Waals surface area (Å²) < 4.78 is 6.06. The summed E-state index contributed by atoms with van der Waals surface area (Å²) in [5.41, 5.74) is 0. The van der Waals surface area contributed by atoms with Crippen LogP contribution in [0.25, 0.3) is 0 Å². The fourth-order valence-electron chi connectivity index (χ4n) is 4.00. The molecule has 29 heavy (non-hydrogen) atoms. The average Bonchev–Trinajstić information content (AvgIpc) is 2.66. The Morgan fingerprint density at radius 2 is 1.72 bits per heavy atom. The van der Waals surface area contributed by atoms with Crippen molar-refractivity contribution in [2.24, 2.45) is 5.92 Å². The number of carboxylic acid groups (broad SMARTS) is 1. The molecular weight excluding hydrogens is 458 g/mol. The molecule has 0 saturated carbocycles. The Morgan fingerprint density at radius 1 is 1.10 bits per heavy atom. The highest BCUT2D eigenvalue weighted by atomic mass is 35.5. The van der Waals surface area contributed by atoms with E-state index in [1.165, 1.54) is 0 Å². The molecule has 2 heterocycles. The van der Waals surface area contributed by atoms with Crippen LogP contribution < -0.4 is 4.74 Å². The van der Waals surface area contributed by atoms with Gasteiger partial charge in [0.1, 0.15) is 17.9 Å². The first-order valence-corrected chi connectivity index (χ1v) is 10.5. The molecule has 2 aliphatic heterocycles. The molecule has 5 nitrogen and oxygen atoms in total. The monoisotopic (exact) mass is 486 g/mol. The van der Waals surface area contributed by atoms with Crippen molar-refractivity contribution in [1.82, 2.24) is 9.80 Å². The summed E-state index contributed by atoms with van der Waals surface area (Å²) in [6.45, 7) is 6.73. The van der Waals surface area contributed by atoms with E-state index in [0.717, 1.165) is 64.2 Å². The summed E-state index contributed by atoms with van der Waals surface area (Å²) >= 11 is 12.0. The Labute approximate surface area is 195 Å². The van der Waals surface area contributed by atoms with Crippen molar-refractivity contribution in [3.8, 4) is 5.75 Å². The highest BCUT2D eigenvalue weighted by molar-refractivity contribution is 6.42. The topological polar surface area (TPSA) is 53.0 Å². The number of nitrogens with zero attached hydrogens (tertiary/aromatic N) is 2.